The first-order chi connectivity index (χ1) is 8.15. The van der Waals surface area contributed by atoms with E-state index in [2.05, 4.69) is 26.1 Å². The Hall–Kier alpha value is -0.570. The Bertz CT molecular complexity index is 328. The molecule has 96 valence electrons. The van der Waals surface area contributed by atoms with Gasteiger partial charge in [-0.15, -0.1) is 0 Å². The maximum Gasteiger partial charge on any atom is 0.0735 e. The Morgan fingerprint density at radius 2 is 2.00 bits per heavy atom. The number of nitrogens with one attached hydrogen (secondary N) is 1. The number of likely N-dealkylation sites (N-methyl/N-ethyl adjacent to an activating group) is 1. The van der Waals surface area contributed by atoms with Crippen LogP contribution in [0, 0.1) is 5.92 Å². The molecule has 0 spiro atoms. The first kappa shape index (κ1) is 14.5. The largest absolute Gasteiger partial charge is 0.372 e. The molecule has 0 heterocycles. The van der Waals surface area contributed by atoms with Crippen molar-refractivity contribution in [3.05, 3.63) is 34.9 Å². The van der Waals surface area contributed by atoms with Crippen molar-refractivity contribution in [2.75, 3.05) is 13.1 Å². The standard InChI is InChI=1S/C14H22ClNO/c1-4-16-9-14(11(2)3)17-10-12-7-5-6-8-13(12)15/h5-8,11,14,16H,4,9-10H2,1-3H3. The van der Waals surface area contributed by atoms with Crippen LogP contribution in [0.2, 0.25) is 5.02 Å². The summed E-state index contributed by atoms with van der Waals surface area (Å²) in [6.07, 6.45) is 0.228. The zero-order valence-corrected chi connectivity index (χ0v) is 11.6. The van der Waals surface area contributed by atoms with Gasteiger partial charge < -0.3 is 10.1 Å². The van der Waals surface area contributed by atoms with E-state index in [1.165, 1.54) is 0 Å². The van der Waals surface area contributed by atoms with E-state index < -0.39 is 0 Å². The second-order valence-corrected chi connectivity index (χ2v) is 4.90. The molecule has 0 radical (unpaired) electrons. The number of rotatable bonds is 7. The van der Waals surface area contributed by atoms with Crippen LogP contribution in [0.5, 0.6) is 0 Å². The third-order valence-electron chi connectivity index (χ3n) is 2.75. The molecular formula is C14H22ClNO. The Balaban J connectivity index is 2.49. The highest BCUT2D eigenvalue weighted by atomic mass is 35.5. The Morgan fingerprint density at radius 3 is 2.59 bits per heavy atom. The third kappa shape index (κ3) is 5.07. The highest BCUT2D eigenvalue weighted by Gasteiger charge is 2.13. The van der Waals surface area contributed by atoms with Gasteiger partial charge in [-0.3, -0.25) is 0 Å². The van der Waals surface area contributed by atoms with Crippen LogP contribution in [0.3, 0.4) is 0 Å². The SMILES string of the molecule is CCNCC(OCc1ccccc1Cl)C(C)C. The van der Waals surface area contributed by atoms with Crippen molar-refractivity contribution in [1.29, 1.82) is 0 Å². The predicted octanol–water partition coefficient (Wildman–Crippen LogP) is 3.49. The van der Waals surface area contributed by atoms with E-state index >= 15 is 0 Å². The van der Waals surface area contributed by atoms with Gasteiger partial charge in [-0.1, -0.05) is 50.6 Å². The van der Waals surface area contributed by atoms with Crippen LogP contribution >= 0.6 is 11.6 Å². The minimum absolute atomic E-state index is 0.228. The van der Waals surface area contributed by atoms with E-state index in [1.807, 2.05) is 24.3 Å². The van der Waals surface area contributed by atoms with Crippen molar-refractivity contribution < 1.29 is 4.74 Å². The summed E-state index contributed by atoms with van der Waals surface area (Å²) in [6, 6.07) is 7.82. The lowest BCUT2D eigenvalue weighted by atomic mass is 10.1. The van der Waals surface area contributed by atoms with Crippen molar-refractivity contribution >= 4 is 11.6 Å². The van der Waals surface area contributed by atoms with Gasteiger partial charge in [-0.2, -0.15) is 0 Å². The molecule has 0 bridgehead atoms. The summed E-state index contributed by atoms with van der Waals surface area (Å²) >= 11 is 6.10. The molecule has 0 aliphatic heterocycles. The summed E-state index contributed by atoms with van der Waals surface area (Å²) in [7, 11) is 0. The first-order valence-corrected chi connectivity index (χ1v) is 6.58. The fraction of sp³-hybridized carbons (Fsp3) is 0.571. The summed E-state index contributed by atoms with van der Waals surface area (Å²) in [5, 5.41) is 4.10. The van der Waals surface area contributed by atoms with E-state index in [1.54, 1.807) is 0 Å². The minimum Gasteiger partial charge on any atom is -0.372 e. The normalized spacial score (nSPS) is 13.0. The smallest absolute Gasteiger partial charge is 0.0735 e. The lowest BCUT2D eigenvalue weighted by Crippen LogP contribution is -2.33. The van der Waals surface area contributed by atoms with Crippen LogP contribution in [0.4, 0.5) is 0 Å². The molecule has 0 saturated heterocycles. The minimum atomic E-state index is 0.228. The molecule has 1 unspecified atom stereocenters. The van der Waals surface area contributed by atoms with Gasteiger partial charge in [0.2, 0.25) is 0 Å². The van der Waals surface area contributed by atoms with Gasteiger partial charge >= 0.3 is 0 Å². The second kappa shape index (κ2) is 7.70. The van der Waals surface area contributed by atoms with Gasteiger partial charge in [0.05, 0.1) is 12.7 Å². The predicted molar refractivity (Wildman–Crippen MR) is 73.4 cm³/mol. The molecule has 1 atom stereocenters. The topological polar surface area (TPSA) is 21.3 Å². The highest BCUT2D eigenvalue weighted by molar-refractivity contribution is 6.31. The lowest BCUT2D eigenvalue weighted by molar-refractivity contribution is 0.0117. The van der Waals surface area contributed by atoms with Gasteiger partial charge in [-0.05, 0) is 24.1 Å². The summed E-state index contributed by atoms with van der Waals surface area (Å²) in [6.45, 7) is 8.89. The van der Waals surface area contributed by atoms with Crippen molar-refractivity contribution in [2.24, 2.45) is 5.92 Å². The maximum absolute atomic E-state index is 6.10. The Kier molecular flexibility index (Phi) is 6.56. The first-order valence-electron chi connectivity index (χ1n) is 6.20. The molecule has 1 rings (SSSR count). The van der Waals surface area contributed by atoms with Crippen molar-refractivity contribution in [3.8, 4) is 0 Å². The van der Waals surface area contributed by atoms with Gasteiger partial charge in [-0.25, -0.2) is 0 Å². The molecule has 0 aliphatic rings. The van der Waals surface area contributed by atoms with Crippen LogP contribution in [0.15, 0.2) is 24.3 Å². The monoisotopic (exact) mass is 255 g/mol. The molecule has 3 heteroatoms. The number of hydrogen-bond donors (Lipinski definition) is 1. The van der Waals surface area contributed by atoms with Crippen molar-refractivity contribution in [1.82, 2.24) is 5.32 Å². The molecule has 1 aromatic carbocycles. The van der Waals surface area contributed by atoms with Gasteiger partial charge in [0.15, 0.2) is 0 Å². The number of ether oxygens (including phenoxy) is 1. The average Bonchev–Trinajstić information content (AvgIpc) is 2.31. The van der Waals surface area contributed by atoms with E-state index in [0.29, 0.717) is 12.5 Å². The van der Waals surface area contributed by atoms with Gasteiger partial charge in [0.1, 0.15) is 0 Å². The fourth-order valence-electron chi connectivity index (χ4n) is 1.59. The van der Waals surface area contributed by atoms with E-state index in [0.717, 1.165) is 23.7 Å². The summed E-state index contributed by atoms with van der Waals surface area (Å²) in [4.78, 5) is 0. The summed E-state index contributed by atoms with van der Waals surface area (Å²) < 4.78 is 5.93. The van der Waals surface area contributed by atoms with Gasteiger partial charge in [0, 0.05) is 11.6 Å². The number of hydrogen-bond acceptors (Lipinski definition) is 2. The number of benzene rings is 1. The summed E-state index contributed by atoms with van der Waals surface area (Å²) in [5.41, 5.74) is 1.05. The second-order valence-electron chi connectivity index (χ2n) is 4.49. The van der Waals surface area contributed by atoms with E-state index in [4.69, 9.17) is 16.3 Å². The van der Waals surface area contributed by atoms with Crippen LogP contribution in [0.1, 0.15) is 26.3 Å². The summed E-state index contributed by atoms with van der Waals surface area (Å²) in [5.74, 6) is 0.497. The zero-order chi connectivity index (χ0) is 12.7. The van der Waals surface area contributed by atoms with Crippen molar-refractivity contribution in [3.63, 3.8) is 0 Å². The van der Waals surface area contributed by atoms with Crippen LogP contribution < -0.4 is 5.32 Å². The Morgan fingerprint density at radius 1 is 1.29 bits per heavy atom. The third-order valence-corrected chi connectivity index (χ3v) is 3.12. The quantitative estimate of drug-likeness (QED) is 0.805. The van der Waals surface area contributed by atoms with Crippen molar-refractivity contribution in [2.45, 2.75) is 33.5 Å². The van der Waals surface area contributed by atoms with Gasteiger partial charge in [0.25, 0.3) is 0 Å². The molecule has 2 nitrogen and oxygen atoms in total. The molecule has 0 saturated carbocycles. The van der Waals surface area contributed by atoms with E-state index in [-0.39, 0.29) is 6.10 Å². The molecule has 17 heavy (non-hydrogen) atoms. The average molecular weight is 256 g/mol. The molecule has 0 aliphatic carbocycles. The fourth-order valence-corrected chi connectivity index (χ4v) is 1.78. The molecule has 0 amide bonds. The molecular weight excluding hydrogens is 234 g/mol. The molecule has 0 aromatic heterocycles. The van der Waals surface area contributed by atoms with Crippen LogP contribution in [-0.4, -0.2) is 19.2 Å². The van der Waals surface area contributed by atoms with Crippen LogP contribution in [0.25, 0.3) is 0 Å². The zero-order valence-electron chi connectivity index (χ0n) is 10.9. The molecule has 0 fully saturated rings. The van der Waals surface area contributed by atoms with Crippen LogP contribution in [-0.2, 0) is 11.3 Å². The molecule has 1 N–H and O–H groups in total. The van der Waals surface area contributed by atoms with E-state index in [9.17, 15) is 0 Å². The molecule has 1 aromatic rings. The Labute approximate surface area is 109 Å². The lowest BCUT2D eigenvalue weighted by Gasteiger charge is -2.22. The number of halogens is 1. The highest BCUT2D eigenvalue weighted by Crippen LogP contribution is 2.17. The maximum atomic E-state index is 6.10.